The maximum atomic E-state index is 12.2. The number of methoxy groups -OCH3 is 1. The van der Waals surface area contributed by atoms with Crippen molar-refractivity contribution in [3.63, 3.8) is 0 Å². The Bertz CT molecular complexity index is 673. The van der Waals surface area contributed by atoms with Gasteiger partial charge < -0.3 is 14.5 Å². The Balaban J connectivity index is 0.000000640. The minimum absolute atomic E-state index is 0.0200. The number of fused-ring (bicyclic) bond motifs is 1. The standard InChI is InChI=1S/C19H25N3O2.C4H10/c1-4-19(23)22-8-7-15-13-16(24-3)5-6-17(15)18(22)14-21-11-9-20(2)10-12-21;1-3-4-2/h1,5-6,13,18H,7-12,14H2,2-3H3;3-4H2,1-2H3. The van der Waals surface area contributed by atoms with Gasteiger partial charge in [-0.1, -0.05) is 32.8 Å². The van der Waals surface area contributed by atoms with Gasteiger partial charge in [-0.2, -0.15) is 0 Å². The van der Waals surface area contributed by atoms with Crippen LogP contribution in [0.2, 0.25) is 0 Å². The lowest BCUT2D eigenvalue weighted by Crippen LogP contribution is -2.50. The number of rotatable bonds is 4. The Morgan fingerprint density at radius 3 is 2.43 bits per heavy atom. The number of amides is 1. The molecule has 5 heteroatoms. The van der Waals surface area contributed by atoms with Crippen LogP contribution in [-0.2, 0) is 11.2 Å². The van der Waals surface area contributed by atoms with E-state index in [1.54, 1.807) is 7.11 Å². The van der Waals surface area contributed by atoms with Crippen molar-refractivity contribution < 1.29 is 9.53 Å². The molecular formula is C23H35N3O2. The smallest absolute Gasteiger partial charge is 0.298 e. The highest BCUT2D eigenvalue weighted by Crippen LogP contribution is 2.33. The summed E-state index contributed by atoms with van der Waals surface area (Å²) < 4.78 is 5.34. The lowest BCUT2D eigenvalue weighted by atomic mass is 9.91. The van der Waals surface area contributed by atoms with E-state index in [0.29, 0.717) is 6.54 Å². The summed E-state index contributed by atoms with van der Waals surface area (Å²) in [7, 11) is 3.83. The predicted molar refractivity (Wildman–Crippen MR) is 115 cm³/mol. The second-order valence-corrected chi connectivity index (χ2v) is 7.58. The molecule has 2 aliphatic heterocycles. The van der Waals surface area contributed by atoms with Crippen molar-refractivity contribution in [3.05, 3.63) is 29.3 Å². The number of benzene rings is 1. The fourth-order valence-corrected chi connectivity index (χ4v) is 3.61. The first-order chi connectivity index (χ1) is 13.5. The number of terminal acetylenes is 1. The molecule has 0 saturated carbocycles. The van der Waals surface area contributed by atoms with Crippen molar-refractivity contribution in [2.24, 2.45) is 0 Å². The fourth-order valence-electron chi connectivity index (χ4n) is 3.61. The highest BCUT2D eigenvalue weighted by molar-refractivity contribution is 5.93. The van der Waals surface area contributed by atoms with Crippen molar-refractivity contribution >= 4 is 5.91 Å². The molecule has 2 heterocycles. The van der Waals surface area contributed by atoms with Gasteiger partial charge in [0.05, 0.1) is 13.2 Å². The monoisotopic (exact) mass is 385 g/mol. The van der Waals surface area contributed by atoms with Crippen molar-refractivity contribution in [2.75, 3.05) is 53.4 Å². The van der Waals surface area contributed by atoms with Crippen LogP contribution in [0.3, 0.4) is 0 Å². The number of piperazine rings is 1. The summed E-state index contributed by atoms with van der Waals surface area (Å²) in [5, 5.41) is 0. The van der Waals surface area contributed by atoms with E-state index < -0.39 is 0 Å². The maximum Gasteiger partial charge on any atom is 0.298 e. The highest BCUT2D eigenvalue weighted by atomic mass is 16.5. The summed E-state index contributed by atoms with van der Waals surface area (Å²) in [5.74, 6) is 2.95. The Labute approximate surface area is 170 Å². The van der Waals surface area contributed by atoms with Crippen LogP contribution in [0.1, 0.15) is 43.9 Å². The SMILES string of the molecule is C#CC(=O)N1CCc2cc(OC)ccc2C1CN1CCN(C)CC1.CCCC. The van der Waals surface area contributed by atoms with Crippen LogP contribution in [-0.4, -0.2) is 74.0 Å². The van der Waals surface area contributed by atoms with Gasteiger partial charge in [0.2, 0.25) is 0 Å². The Morgan fingerprint density at radius 2 is 1.86 bits per heavy atom. The number of carbonyl (C=O) groups excluding carboxylic acids is 1. The number of likely N-dealkylation sites (N-methyl/N-ethyl adjacent to an activating group) is 1. The van der Waals surface area contributed by atoms with Crippen molar-refractivity contribution in [2.45, 2.75) is 39.2 Å². The fraction of sp³-hybridized carbons (Fsp3) is 0.609. The molecule has 0 aliphatic carbocycles. The summed E-state index contributed by atoms with van der Waals surface area (Å²) in [4.78, 5) is 18.9. The Morgan fingerprint density at radius 1 is 1.18 bits per heavy atom. The summed E-state index contributed by atoms with van der Waals surface area (Å²) in [6.45, 7) is 10.0. The average Bonchev–Trinajstić information content (AvgIpc) is 2.74. The van der Waals surface area contributed by atoms with Gasteiger partial charge in [0.1, 0.15) is 5.75 Å². The third kappa shape index (κ3) is 5.73. The van der Waals surface area contributed by atoms with Crippen LogP contribution in [0.4, 0.5) is 0 Å². The van der Waals surface area contributed by atoms with Gasteiger partial charge in [-0.05, 0) is 42.6 Å². The molecule has 0 radical (unpaired) electrons. The second kappa shape index (κ2) is 11.1. The highest BCUT2D eigenvalue weighted by Gasteiger charge is 2.32. The van der Waals surface area contributed by atoms with Crippen LogP contribution in [0.5, 0.6) is 5.75 Å². The van der Waals surface area contributed by atoms with Gasteiger partial charge in [0.15, 0.2) is 0 Å². The molecule has 1 unspecified atom stereocenters. The number of carbonyl (C=O) groups is 1. The van der Waals surface area contributed by atoms with Crippen LogP contribution in [0.25, 0.3) is 0 Å². The van der Waals surface area contributed by atoms with E-state index in [1.807, 2.05) is 11.0 Å². The van der Waals surface area contributed by atoms with E-state index in [1.165, 1.54) is 24.0 Å². The largest absolute Gasteiger partial charge is 0.497 e. The maximum absolute atomic E-state index is 12.2. The van der Waals surface area contributed by atoms with Gasteiger partial charge in [0, 0.05) is 39.3 Å². The molecule has 0 spiro atoms. The van der Waals surface area contributed by atoms with Gasteiger partial charge in [-0.3, -0.25) is 9.69 Å². The van der Waals surface area contributed by atoms with Gasteiger partial charge in [-0.25, -0.2) is 0 Å². The third-order valence-electron chi connectivity index (χ3n) is 5.62. The zero-order chi connectivity index (χ0) is 20.5. The number of hydrogen-bond acceptors (Lipinski definition) is 4. The molecule has 1 saturated heterocycles. The quantitative estimate of drug-likeness (QED) is 0.747. The summed E-state index contributed by atoms with van der Waals surface area (Å²) in [6.07, 6.45) is 8.86. The molecule has 0 aromatic heterocycles. The van der Waals surface area contributed by atoms with Crippen LogP contribution in [0, 0.1) is 12.3 Å². The zero-order valence-corrected chi connectivity index (χ0v) is 17.9. The molecular weight excluding hydrogens is 350 g/mol. The van der Waals surface area contributed by atoms with Gasteiger partial charge in [0.25, 0.3) is 5.91 Å². The van der Waals surface area contributed by atoms with E-state index in [9.17, 15) is 4.79 Å². The number of hydrogen-bond donors (Lipinski definition) is 0. The third-order valence-corrected chi connectivity index (χ3v) is 5.62. The molecule has 154 valence electrons. The van der Waals surface area contributed by atoms with E-state index in [4.69, 9.17) is 11.2 Å². The Kier molecular flexibility index (Phi) is 8.82. The summed E-state index contributed by atoms with van der Waals surface area (Å²) in [6, 6.07) is 6.17. The summed E-state index contributed by atoms with van der Waals surface area (Å²) >= 11 is 0. The Hall–Kier alpha value is -2.03. The van der Waals surface area contributed by atoms with Crippen LogP contribution >= 0.6 is 0 Å². The number of unbranched alkanes of at least 4 members (excludes halogenated alkanes) is 1. The molecule has 3 rings (SSSR count). The topological polar surface area (TPSA) is 36.0 Å². The van der Waals surface area contributed by atoms with E-state index in [-0.39, 0.29) is 11.9 Å². The first-order valence-electron chi connectivity index (χ1n) is 10.4. The van der Waals surface area contributed by atoms with Crippen molar-refractivity contribution in [3.8, 4) is 18.1 Å². The molecule has 28 heavy (non-hydrogen) atoms. The molecule has 1 aromatic carbocycles. The lowest BCUT2D eigenvalue weighted by molar-refractivity contribution is -0.128. The zero-order valence-electron chi connectivity index (χ0n) is 17.9. The van der Waals surface area contributed by atoms with Crippen molar-refractivity contribution in [1.29, 1.82) is 0 Å². The molecule has 2 aliphatic rings. The normalized spacial score (nSPS) is 19.8. The van der Waals surface area contributed by atoms with Crippen LogP contribution in [0.15, 0.2) is 18.2 Å². The minimum Gasteiger partial charge on any atom is -0.497 e. The molecule has 1 atom stereocenters. The average molecular weight is 386 g/mol. The number of nitrogens with zero attached hydrogens (tertiary/aromatic N) is 3. The van der Waals surface area contributed by atoms with Crippen LogP contribution < -0.4 is 4.74 Å². The lowest BCUT2D eigenvalue weighted by Gasteiger charge is -2.41. The van der Waals surface area contributed by atoms with Gasteiger partial charge in [-0.15, -0.1) is 6.42 Å². The molecule has 0 bridgehead atoms. The number of ether oxygens (including phenoxy) is 1. The van der Waals surface area contributed by atoms with Crippen molar-refractivity contribution in [1.82, 2.24) is 14.7 Å². The predicted octanol–water partition coefficient (Wildman–Crippen LogP) is 2.81. The second-order valence-electron chi connectivity index (χ2n) is 7.58. The first-order valence-corrected chi connectivity index (χ1v) is 10.4. The van der Waals surface area contributed by atoms with Gasteiger partial charge >= 0.3 is 0 Å². The van der Waals surface area contributed by atoms with E-state index in [0.717, 1.165) is 44.9 Å². The molecule has 1 aromatic rings. The molecule has 1 fully saturated rings. The van der Waals surface area contributed by atoms with E-state index >= 15 is 0 Å². The molecule has 0 N–H and O–H groups in total. The van der Waals surface area contributed by atoms with E-state index in [2.05, 4.69) is 48.7 Å². The molecule has 1 amide bonds. The summed E-state index contributed by atoms with van der Waals surface area (Å²) in [5.41, 5.74) is 2.46. The minimum atomic E-state index is -0.212. The first kappa shape index (κ1) is 22.3. The molecule has 5 nitrogen and oxygen atoms in total.